The van der Waals surface area contributed by atoms with E-state index in [2.05, 4.69) is 44.7 Å². The first-order chi connectivity index (χ1) is 12.3. The number of aromatic nitrogens is 2. The van der Waals surface area contributed by atoms with Crippen LogP contribution in [0.15, 0.2) is 36.5 Å². The van der Waals surface area contributed by atoms with E-state index in [0.717, 1.165) is 25.2 Å². The molecule has 0 spiro atoms. The molecule has 3 rings (SSSR count). The molecular formula is C20H28N4O. The zero-order chi connectivity index (χ0) is 17.5. The van der Waals surface area contributed by atoms with Gasteiger partial charge in [-0.15, -0.1) is 0 Å². The molecule has 1 fully saturated rings. The second-order valence-corrected chi connectivity index (χ2v) is 6.70. The van der Waals surface area contributed by atoms with Gasteiger partial charge in [0.2, 0.25) is 0 Å². The first-order valence-corrected chi connectivity index (χ1v) is 9.39. The highest BCUT2D eigenvalue weighted by Crippen LogP contribution is 2.24. The molecule has 0 bridgehead atoms. The summed E-state index contributed by atoms with van der Waals surface area (Å²) in [6.07, 6.45) is 7.48. The normalized spacial score (nSPS) is 17.0. The average molecular weight is 340 g/mol. The largest absolute Gasteiger partial charge is 0.350 e. The third-order valence-corrected chi connectivity index (χ3v) is 5.04. The lowest BCUT2D eigenvalue weighted by Gasteiger charge is -2.31. The molecule has 0 saturated carbocycles. The maximum atomic E-state index is 12.6. The van der Waals surface area contributed by atoms with Gasteiger partial charge in [0.05, 0.1) is 17.8 Å². The number of H-pyrrole nitrogens is 1. The molecule has 2 N–H and O–H groups in total. The van der Waals surface area contributed by atoms with Crippen molar-refractivity contribution in [2.24, 2.45) is 0 Å². The van der Waals surface area contributed by atoms with Crippen LogP contribution < -0.4 is 5.32 Å². The van der Waals surface area contributed by atoms with Crippen molar-refractivity contribution in [3.63, 3.8) is 0 Å². The summed E-state index contributed by atoms with van der Waals surface area (Å²) in [6, 6.07) is 10.7. The highest BCUT2D eigenvalue weighted by atomic mass is 16.1. The quantitative estimate of drug-likeness (QED) is 0.848. The number of nitrogens with zero attached hydrogens (tertiary/aromatic N) is 2. The summed E-state index contributed by atoms with van der Waals surface area (Å²) in [6.45, 7) is 4.84. The molecular weight excluding hydrogens is 312 g/mol. The summed E-state index contributed by atoms with van der Waals surface area (Å²) in [5, 5.41) is 10.0. The first kappa shape index (κ1) is 17.7. The zero-order valence-corrected chi connectivity index (χ0v) is 15.0. The lowest BCUT2D eigenvalue weighted by molar-refractivity contribution is 0.0932. The van der Waals surface area contributed by atoms with Crippen molar-refractivity contribution in [3.05, 3.63) is 53.3 Å². The Kier molecular flexibility index (Phi) is 6.23. The van der Waals surface area contributed by atoms with Crippen LogP contribution in [-0.2, 0) is 6.42 Å². The van der Waals surface area contributed by atoms with E-state index in [1.165, 1.54) is 31.2 Å². The molecule has 134 valence electrons. The summed E-state index contributed by atoms with van der Waals surface area (Å²) in [5.41, 5.74) is 2.82. The molecule has 25 heavy (non-hydrogen) atoms. The van der Waals surface area contributed by atoms with Crippen molar-refractivity contribution < 1.29 is 4.79 Å². The van der Waals surface area contributed by atoms with E-state index < -0.39 is 0 Å². The van der Waals surface area contributed by atoms with Crippen LogP contribution in [0.1, 0.15) is 60.3 Å². The van der Waals surface area contributed by atoms with E-state index >= 15 is 0 Å². The highest BCUT2D eigenvalue weighted by Gasteiger charge is 2.23. The molecule has 0 radical (unpaired) electrons. The Morgan fingerprint density at radius 1 is 1.20 bits per heavy atom. The molecule has 1 saturated heterocycles. The van der Waals surface area contributed by atoms with Gasteiger partial charge in [-0.3, -0.25) is 14.8 Å². The number of benzene rings is 1. The zero-order valence-electron chi connectivity index (χ0n) is 15.0. The number of carbonyl (C=O) groups is 1. The summed E-state index contributed by atoms with van der Waals surface area (Å²) < 4.78 is 0. The number of amides is 1. The van der Waals surface area contributed by atoms with E-state index in [1.807, 2.05) is 13.0 Å². The number of hydrogen-bond donors (Lipinski definition) is 2. The fraction of sp³-hybridized carbons (Fsp3) is 0.500. The molecule has 1 aliphatic rings. The van der Waals surface area contributed by atoms with Crippen LogP contribution in [0.3, 0.4) is 0 Å². The number of carbonyl (C=O) groups excluding carboxylic acids is 1. The molecule has 1 unspecified atom stereocenters. The molecule has 1 aromatic heterocycles. The van der Waals surface area contributed by atoms with Crippen molar-refractivity contribution in [3.8, 4) is 0 Å². The van der Waals surface area contributed by atoms with Crippen LogP contribution in [0.2, 0.25) is 0 Å². The SMILES string of the molecule is CCc1[nH]ncc1C(=O)NCC(c1ccccc1)N1CCCCCC1. The van der Waals surface area contributed by atoms with Gasteiger partial charge in [0.1, 0.15) is 0 Å². The van der Waals surface area contributed by atoms with Gasteiger partial charge in [-0.1, -0.05) is 50.1 Å². The smallest absolute Gasteiger partial charge is 0.254 e. The van der Waals surface area contributed by atoms with Crippen LogP contribution >= 0.6 is 0 Å². The van der Waals surface area contributed by atoms with Gasteiger partial charge in [0.25, 0.3) is 5.91 Å². The van der Waals surface area contributed by atoms with Gasteiger partial charge in [-0.05, 0) is 37.9 Å². The van der Waals surface area contributed by atoms with Gasteiger partial charge in [0, 0.05) is 12.2 Å². The fourth-order valence-electron chi connectivity index (χ4n) is 3.60. The predicted molar refractivity (Wildman–Crippen MR) is 99.5 cm³/mol. The van der Waals surface area contributed by atoms with E-state index in [-0.39, 0.29) is 11.9 Å². The van der Waals surface area contributed by atoms with E-state index in [0.29, 0.717) is 12.1 Å². The van der Waals surface area contributed by atoms with Crippen molar-refractivity contribution in [2.45, 2.75) is 45.1 Å². The average Bonchev–Trinajstić information content (AvgIpc) is 2.98. The molecule has 2 heterocycles. The van der Waals surface area contributed by atoms with E-state index in [9.17, 15) is 4.79 Å². The minimum Gasteiger partial charge on any atom is -0.350 e. The minimum absolute atomic E-state index is 0.0404. The third-order valence-electron chi connectivity index (χ3n) is 5.04. The van der Waals surface area contributed by atoms with E-state index in [4.69, 9.17) is 0 Å². The first-order valence-electron chi connectivity index (χ1n) is 9.39. The van der Waals surface area contributed by atoms with Crippen LogP contribution in [0.5, 0.6) is 0 Å². The fourth-order valence-corrected chi connectivity index (χ4v) is 3.60. The van der Waals surface area contributed by atoms with Crippen LogP contribution in [0.25, 0.3) is 0 Å². The second-order valence-electron chi connectivity index (χ2n) is 6.70. The Morgan fingerprint density at radius 2 is 1.92 bits per heavy atom. The summed E-state index contributed by atoms with van der Waals surface area (Å²) in [5.74, 6) is -0.0404. The topological polar surface area (TPSA) is 61.0 Å². The Hall–Kier alpha value is -2.14. The van der Waals surface area contributed by atoms with Crippen molar-refractivity contribution in [1.82, 2.24) is 20.4 Å². The monoisotopic (exact) mass is 340 g/mol. The van der Waals surface area contributed by atoms with Crippen LogP contribution in [0.4, 0.5) is 0 Å². The number of likely N-dealkylation sites (tertiary alicyclic amines) is 1. The molecule has 2 aromatic rings. The highest BCUT2D eigenvalue weighted by molar-refractivity contribution is 5.95. The molecule has 1 aliphatic heterocycles. The number of aryl methyl sites for hydroxylation is 1. The molecule has 5 heteroatoms. The van der Waals surface area contributed by atoms with E-state index in [1.54, 1.807) is 6.20 Å². The minimum atomic E-state index is -0.0404. The number of aromatic amines is 1. The lowest BCUT2D eigenvalue weighted by atomic mass is 10.0. The van der Waals surface area contributed by atoms with Crippen molar-refractivity contribution in [2.75, 3.05) is 19.6 Å². The Labute approximate surface area is 149 Å². The molecule has 1 aromatic carbocycles. The van der Waals surface area contributed by atoms with Gasteiger partial charge in [-0.2, -0.15) is 5.10 Å². The maximum absolute atomic E-state index is 12.6. The van der Waals surface area contributed by atoms with Crippen molar-refractivity contribution >= 4 is 5.91 Å². The summed E-state index contributed by atoms with van der Waals surface area (Å²) in [7, 11) is 0. The maximum Gasteiger partial charge on any atom is 0.254 e. The van der Waals surface area contributed by atoms with Gasteiger partial charge >= 0.3 is 0 Å². The van der Waals surface area contributed by atoms with Crippen LogP contribution in [0, 0.1) is 0 Å². The number of hydrogen-bond acceptors (Lipinski definition) is 3. The Balaban J connectivity index is 1.72. The molecule has 1 amide bonds. The number of nitrogens with one attached hydrogen (secondary N) is 2. The predicted octanol–water partition coefficient (Wildman–Crippen LogP) is 3.32. The van der Waals surface area contributed by atoms with Gasteiger partial charge in [-0.25, -0.2) is 0 Å². The summed E-state index contributed by atoms with van der Waals surface area (Å²) >= 11 is 0. The molecule has 0 aliphatic carbocycles. The second kappa shape index (κ2) is 8.81. The van der Waals surface area contributed by atoms with Gasteiger partial charge < -0.3 is 5.32 Å². The molecule has 5 nitrogen and oxygen atoms in total. The third kappa shape index (κ3) is 4.48. The number of rotatable bonds is 6. The van der Waals surface area contributed by atoms with Crippen molar-refractivity contribution in [1.29, 1.82) is 0 Å². The summed E-state index contributed by atoms with van der Waals surface area (Å²) in [4.78, 5) is 15.1. The van der Waals surface area contributed by atoms with Crippen LogP contribution in [-0.4, -0.2) is 40.6 Å². The Morgan fingerprint density at radius 3 is 2.60 bits per heavy atom. The van der Waals surface area contributed by atoms with Gasteiger partial charge in [0.15, 0.2) is 0 Å². The lowest BCUT2D eigenvalue weighted by Crippen LogP contribution is -2.38. The standard InChI is InChI=1S/C20H28N4O/c1-2-18-17(14-22-23-18)20(25)21-15-19(16-10-6-5-7-11-16)24-12-8-3-4-9-13-24/h5-7,10-11,14,19H,2-4,8-9,12-13,15H2,1H3,(H,21,25)(H,22,23). The Bertz CT molecular complexity index is 659. The molecule has 1 atom stereocenters.